The van der Waals surface area contributed by atoms with Gasteiger partial charge in [0.2, 0.25) is 0 Å². The summed E-state index contributed by atoms with van der Waals surface area (Å²) in [5, 5.41) is 19.4. The first-order chi connectivity index (χ1) is 11.6. The van der Waals surface area contributed by atoms with Gasteiger partial charge in [-0.05, 0) is 37.6 Å². The molecule has 0 saturated carbocycles. The Balaban J connectivity index is 1.74. The SMILES string of the molecule is CC(C)n1cc(-c2ccc3c(c2)N(O)Cc2cccnc2N3)cn1. The molecular weight excluding hydrogens is 302 g/mol. The van der Waals surface area contributed by atoms with Crippen LogP contribution >= 0.6 is 0 Å². The Morgan fingerprint density at radius 1 is 1.21 bits per heavy atom. The topological polar surface area (TPSA) is 66.2 Å². The van der Waals surface area contributed by atoms with Crippen molar-refractivity contribution in [2.45, 2.75) is 26.4 Å². The highest BCUT2D eigenvalue weighted by Gasteiger charge is 2.19. The van der Waals surface area contributed by atoms with Crippen LogP contribution in [0.25, 0.3) is 11.1 Å². The molecule has 1 aliphatic rings. The Hall–Kier alpha value is -2.86. The minimum Gasteiger partial charge on any atom is -0.338 e. The maximum Gasteiger partial charge on any atom is 0.135 e. The average molecular weight is 321 g/mol. The standard InChI is InChI=1S/C18H19N5O/c1-12(2)22-10-15(9-20-22)13-5-6-16-17(8-13)23(24)11-14-4-3-7-19-18(14)21-16/h3-10,12,24H,11H2,1-2H3,(H,19,21). The lowest BCUT2D eigenvalue weighted by Gasteiger charge is -2.17. The first kappa shape index (κ1) is 14.7. The number of nitrogens with zero attached hydrogens (tertiary/aromatic N) is 4. The molecule has 2 aromatic heterocycles. The number of aromatic nitrogens is 3. The molecule has 0 radical (unpaired) electrons. The second-order valence-corrected chi connectivity index (χ2v) is 6.23. The van der Waals surface area contributed by atoms with Crippen molar-refractivity contribution in [3.63, 3.8) is 0 Å². The molecule has 3 aromatic rings. The van der Waals surface area contributed by atoms with E-state index in [9.17, 15) is 5.21 Å². The van der Waals surface area contributed by atoms with Gasteiger partial charge in [-0.15, -0.1) is 0 Å². The van der Waals surface area contributed by atoms with E-state index >= 15 is 0 Å². The number of nitrogens with one attached hydrogen (secondary N) is 1. The van der Waals surface area contributed by atoms with E-state index in [2.05, 4.69) is 29.2 Å². The van der Waals surface area contributed by atoms with Crippen LogP contribution in [0.4, 0.5) is 17.2 Å². The lowest BCUT2D eigenvalue weighted by Crippen LogP contribution is -2.16. The number of fused-ring (bicyclic) bond motifs is 2. The Labute approximate surface area is 140 Å². The molecule has 6 heteroatoms. The molecule has 2 N–H and O–H groups in total. The summed E-state index contributed by atoms with van der Waals surface area (Å²) in [5.41, 5.74) is 4.54. The summed E-state index contributed by atoms with van der Waals surface area (Å²) in [6.45, 7) is 4.58. The summed E-state index contributed by atoms with van der Waals surface area (Å²) in [5.74, 6) is 0.774. The highest BCUT2D eigenvalue weighted by atomic mass is 16.5. The van der Waals surface area contributed by atoms with Crippen LogP contribution < -0.4 is 10.4 Å². The van der Waals surface area contributed by atoms with Crippen LogP contribution in [0.2, 0.25) is 0 Å². The van der Waals surface area contributed by atoms with Gasteiger partial charge in [0.15, 0.2) is 0 Å². The highest BCUT2D eigenvalue weighted by molar-refractivity contribution is 5.81. The van der Waals surface area contributed by atoms with Crippen molar-refractivity contribution in [1.82, 2.24) is 14.8 Å². The van der Waals surface area contributed by atoms with E-state index in [4.69, 9.17) is 0 Å². The maximum absolute atomic E-state index is 10.5. The lowest BCUT2D eigenvalue weighted by molar-refractivity contribution is 0.251. The third-order valence-corrected chi connectivity index (χ3v) is 4.20. The zero-order valence-corrected chi connectivity index (χ0v) is 13.6. The number of hydroxylamine groups is 1. The first-order valence-electron chi connectivity index (χ1n) is 7.98. The summed E-state index contributed by atoms with van der Waals surface area (Å²) >= 11 is 0. The highest BCUT2D eigenvalue weighted by Crippen LogP contribution is 2.36. The van der Waals surface area contributed by atoms with Crippen molar-refractivity contribution in [2.24, 2.45) is 0 Å². The summed E-state index contributed by atoms with van der Waals surface area (Å²) in [6, 6.07) is 10.1. The van der Waals surface area contributed by atoms with Crippen molar-refractivity contribution in [1.29, 1.82) is 0 Å². The average Bonchev–Trinajstić information content (AvgIpc) is 3.02. The van der Waals surface area contributed by atoms with Gasteiger partial charge in [-0.25, -0.2) is 4.98 Å². The molecular formula is C18H19N5O. The summed E-state index contributed by atoms with van der Waals surface area (Å²) in [6.07, 6.45) is 5.62. The Morgan fingerprint density at radius 3 is 2.88 bits per heavy atom. The van der Waals surface area contributed by atoms with Crippen molar-refractivity contribution in [3.05, 3.63) is 54.5 Å². The van der Waals surface area contributed by atoms with Crippen LogP contribution in [0.3, 0.4) is 0 Å². The van der Waals surface area contributed by atoms with Gasteiger partial charge in [-0.3, -0.25) is 15.0 Å². The van der Waals surface area contributed by atoms with Crippen LogP contribution in [-0.4, -0.2) is 20.0 Å². The minimum absolute atomic E-state index is 0.316. The van der Waals surface area contributed by atoms with E-state index in [1.807, 2.05) is 47.4 Å². The van der Waals surface area contributed by atoms with E-state index < -0.39 is 0 Å². The fraction of sp³-hybridized carbons (Fsp3) is 0.222. The number of hydrogen-bond acceptors (Lipinski definition) is 5. The molecule has 0 atom stereocenters. The fourth-order valence-corrected chi connectivity index (χ4v) is 2.85. The molecule has 24 heavy (non-hydrogen) atoms. The lowest BCUT2D eigenvalue weighted by atomic mass is 10.1. The smallest absolute Gasteiger partial charge is 0.135 e. The molecule has 0 amide bonds. The van der Waals surface area contributed by atoms with Gasteiger partial charge in [-0.2, -0.15) is 5.10 Å². The minimum atomic E-state index is 0.316. The fourth-order valence-electron chi connectivity index (χ4n) is 2.85. The molecule has 0 spiro atoms. The molecule has 1 aliphatic heterocycles. The Morgan fingerprint density at radius 2 is 2.08 bits per heavy atom. The zero-order chi connectivity index (χ0) is 16.7. The van der Waals surface area contributed by atoms with Gasteiger partial charge in [0.05, 0.1) is 24.1 Å². The number of rotatable bonds is 2. The van der Waals surface area contributed by atoms with Crippen LogP contribution in [0.5, 0.6) is 0 Å². The molecule has 0 saturated heterocycles. The number of pyridine rings is 1. The van der Waals surface area contributed by atoms with E-state index in [0.29, 0.717) is 12.6 Å². The molecule has 4 rings (SSSR count). The third-order valence-electron chi connectivity index (χ3n) is 4.20. The predicted molar refractivity (Wildman–Crippen MR) is 93.5 cm³/mol. The number of hydrogen-bond donors (Lipinski definition) is 2. The molecule has 0 fully saturated rings. The van der Waals surface area contributed by atoms with Crippen molar-refractivity contribution >= 4 is 17.2 Å². The third kappa shape index (κ3) is 2.51. The number of anilines is 3. The maximum atomic E-state index is 10.5. The Kier molecular flexibility index (Phi) is 3.46. The Bertz CT molecular complexity index is 887. The van der Waals surface area contributed by atoms with Crippen molar-refractivity contribution < 1.29 is 5.21 Å². The van der Waals surface area contributed by atoms with E-state index in [1.54, 1.807) is 6.20 Å². The number of benzene rings is 1. The molecule has 3 heterocycles. The molecule has 1 aromatic carbocycles. The molecule has 0 unspecified atom stereocenters. The van der Waals surface area contributed by atoms with Crippen LogP contribution in [0.1, 0.15) is 25.5 Å². The van der Waals surface area contributed by atoms with Gasteiger partial charge >= 0.3 is 0 Å². The van der Waals surface area contributed by atoms with E-state index in [1.165, 1.54) is 5.06 Å². The molecule has 0 bridgehead atoms. The second-order valence-electron chi connectivity index (χ2n) is 6.23. The van der Waals surface area contributed by atoms with Gasteiger partial charge in [0, 0.05) is 29.6 Å². The van der Waals surface area contributed by atoms with Gasteiger partial charge in [-0.1, -0.05) is 12.1 Å². The molecule has 122 valence electrons. The van der Waals surface area contributed by atoms with Crippen LogP contribution in [0, 0.1) is 0 Å². The predicted octanol–water partition coefficient (Wildman–Crippen LogP) is 3.98. The first-order valence-corrected chi connectivity index (χ1v) is 7.98. The van der Waals surface area contributed by atoms with Crippen molar-refractivity contribution in [2.75, 3.05) is 10.4 Å². The summed E-state index contributed by atoms with van der Waals surface area (Å²) in [4.78, 5) is 4.35. The largest absolute Gasteiger partial charge is 0.338 e. The summed E-state index contributed by atoms with van der Waals surface area (Å²) < 4.78 is 1.93. The van der Waals surface area contributed by atoms with E-state index in [-0.39, 0.29) is 0 Å². The molecule has 6 nitrogen and oxygen atoms in total. The van der Waals surface area contributed by atoms with Crippen molar-refractivity contribution in [3.8, 4) is 11.1 Å². The quantitative estimate of drug-likeness (QED) is 0.747. The normalized spacial score (nSPS) is 13.2. The zero-order valence-electron chi connectivity index (χ0n) is 13.6. The monoisotopic (exact) mass is 321 g/mol. The van der Waals surface area contributed by atoms with E-state index in [0.717, 1.165) is 33.9 Å². The van der Waals surface area contributed by atoms with Crippen LogP contribution in [0.15, 0.2) is 48.9 Å². The summed E-state index contributed by atoms with van der Waals surface area (Å²) in [7, 11) is 0. The molecule has 0 aliphatic carbocycles. The van der Waals surface area contributed by atoms with Gasteiger partial charge in [0.1, 0.15) is 5.82 Å². The van der Waals surface area contributed by atoms with Gasteiger partial charge in [0.25, 0.3) is 0 Å². The van der Waals surface area contributed by atoms with Gasteiger partial charge < -0.3 is 5.32 Å². The van der Waals surface area contributed by atoms with Crippen LogP contribution in [-0.2, 0) is 6.54 Å². The second kappa shape index (κ2) is 5.65.